The van der Waals surface area contributed by atoms with Gasteiger partial charge in [0, 0.05) is 18.0 Å². The van der Waals surface area contributed by atoms with Gasteiger partial charge in [0.05, 0.1) is 5.56 Å². The Balaban J connectivity index is 0.00000176. The van der Waals surface area contributed by atoms with Crippen LogP contribution in [0.4, 0.5) is 0 Å². The smallest absolute Gasteiger partial charge is 0.254 e. The molecular weight excluding hydrogens is 316 g/mol. The molecule has 2 heterocycles. The molecule has 0 atom stereocenters. The van der Waals surface area contributed by atoms with Crippen molar-refractivity contribution in [2.24, 2.45) is 5.41 Å². The summed E-state index contributed by atoms with van der Waals surface area (Å²) in [7, 11) is 0. The molecule has 1 aromatic carbocycles. The summed E-state index contributed by atoms with van der Waals surface area (Å²) in [5.41, 5.74) is 1.37. The first-order valence-electron chi connectivity index (χ1n) is 7.87. The normalized spacial score (nSPS) is 20.5. The first-order valence-corrected chi connectivity index (χ1v) is 9.10. The third-order valence-electron chi connectivity index (χ3n) is 5.11. The quantitative estimate of drug-likeness (QED) is 0.837. The maximum Gasteiger partial charge on any atom is 0.254 e. The number of rotatable bonds is 2. The lowest BCUT2D eigenvalue weighted by Gasteiger charge is -2.44. The zero-order valence-corrected chi connectivity index (χ0v) is 14.8. The molecular formula is C17H25ClN2OS. The number of hydrogen-bond acceptors (Lipinski definition) is 3. The SMILES string of the molecule is CSc1ccccc1C(=O)N1CCC2(CCNCC2)CC1.Cl. The van der Waals surface area contributed by atoms with Crippen molar-refractivity contribution in [3.05, 3.63) is 29.8 Å². The molecule has 0 bridgehead atoms. The van der Waals surface area contributed by atoms with E-state index in [1.165, 1.54) is 25.7 Å². The topological polar surface area (TPSA) is 32.3 Å². The van der Waals surface area contributed by atoms with Crippen molar-refractivity contribution in [3.8, 4) is 0 Å². The molecule has 0 aliphatic carbocycles. The molecule has 2 aliphatic heterocycles. The second-order valence-electron chi connectivity index (χ2n) is 6.24. The van der Waals surface area contributed by atoms with Crippen LogP contribution in [-0.2, 0) is 0 Å². The fraction of sp³-hybridized carbons (Fsp3) is 0.588. The molecule has 1 amide bonds. The molecule has 1 aromatic rings. The van der Waals surface area contributed by atoms with Crippen molar-refractivity contribution in [2.75, 3.05) is 32.4 Å². The van der Waals surface area contributed by atoms with Crippen molar-refractivity contribution in [3.63, 3.8) is 0 Å². The number of nitrogens with one attached hydrogen (secondary N) is 1. The van der Waals surface area contributed by atoms with E-state index in [9.17, 15) is 4.79 Å². The van der Waals surface area contributed by atoms with E-state index < -0.39 is 0 Å². The Hall–Kier alpha value is -0.710. The number of thioether (sulfide) groups is 1. The Labute approximate surface area is 143 Å². The highest BCUT2D eigenvalue weighted by molar-refractivity contribution is 7.98. The summed E-state index contributed by atoms with van der Waals surface area (Å²) in [5, 5.41) is 3.45. The Morgan fingerprint density at radius 3 is 2.41 bits per heavy atom. The van der Waals surface area contributed by atoms with Gasteiger partial charge in [0.1, 0.15) is 0 Å². The summed E-state index contributed by atoms with van der Waals surface area (Å²) >= 11 is 1.65. The van der Waals surface area contributed by atoms with Gasteiger partial charge in [-0.05, 0) is 62.6 Å². The molecule has 122 valence electrons. The van der Waals surface area contributed by atoms with Crippen LogP contribution in [0.2, 0.25) is 0 Å². The molecule has 2 aliphatic rings. The van der Waals surface area contributed by atoms with Gasteiger partial charge in [-0.1, -0.05) is 12.1 Å². The van der Waals surface area contributed by atoms with Gasteiger partial charge in [0.2, 0.25) is 0 Å². The van der Waals surface area contributed by atoms with E-state index >= 15 is 0 Å². The maximum absolute atomic E-state index is 12.8. The Morgan fingerprint density at radius 2 is 1.77 bits per heavy atom. The Bertz CT molecular complexity index is 507. The minimum Gasteiger partial charge on any atom is -0.339 e. The van der Waals surface area contributed by atoms with E-state index in [4.69, 9.17) is 0 Å². The van der Waals surface area contributed by atoms with Crippen molar-refractivity contribution in [1.29, 1.82) is 0 Å². The van der Waals surface area contributed by atoms with Crippen LogP contribution in [0.3, 0.4) is 0 Å². The summed E-state index contributed by atoms with van der Waals surface area (Å²) < 4.78 is 0. The third kappa shape index (κ3) is 3.61. The number of carbonyl (C=O) groups is 1. The standard InChI is InChI=1S/C17H24N2OS.ClH/c1-21-15-5-3-2-4-14(15)16(20)19-12-8-17(9-13-19)6-10-18-11-7-17;/h2-5,18H,6-13H2,1H3;1H. The fourth-order valence-electron chi connectivity index (χ4n) is 3.63. The average molecular weight is 341 g/mol. The van der Waals surface area contributed by atoms with Gasteiger partial charge in [0.15, 0.2) is 0 Å². The van der Waals surface area contributed by atoms with Crippen molar-refractivity contribution in [2.45, 2.75) is 30.6 Å². The summed E-state index contributed by atoms with van der Waals surface area (Å²) in [5.74, 6) is 0.212. The van der Waals surface area contributed by atoms with E-state index in [0.717, 1.165) is 36.6 Å². The van der Waals surface area contributed by atoms with Gasteiger partial charge in [-0.25, -0.2) is 0 Å². The zero-order chi connectivity index (χ0) is 14.7. The highest BCUT2D eigenvalue weighted by atomic mass is 35.5. The number of benzene rings is 1. The first-order chi connectivity index (χ1) is 10.2. The molecule has 3 rings (SSSR count). The molecule has 0 unspecified atom stereocenters. The lowest BCUT2D eigenvalue weighted by Crippen LogP contribution is -2.47. The number of amides is 1. The van der Waals surface area contributed by atoms with E-state index in [2.05, 4.69) is 10.2 Å². The Kier molecular flexibility index (Phi) is 6.18. The first kappa shape index (κ1) is 17.6. The second-order valence-corrected chi connectivity index (χ2v) is 7.09. The number of likely N-dealkylation sites (tertiary alicyclic amines) is 1. The molecule has 0 saturated carbocycles. The number of halogens is 1. The molecule has 0 aromatic heterocycles. The summed E-state index contributed by atoms with van der Waals surface area (Å²) in [6, 6.07) is 7.97. The molecule has 2 fully saturated rings. The van der Waals surface area contributed by atoms with Crippen molar-refractivity contribution >= 4 is 30.1 Å². The van der Waals surface area contributed by atoms with Gasteiger partial charge < -0.3 is 10.2 Å². The second kappa shape index (κ2) is 7.71. The molecule has 0 radical (unpaired) electrons. The van der Waals surface area contributed by atoms with Crippen LogP contribution in [0.15, 0.2) is 29.2 Å². The van der Waals surface area contributed by atoms with Crippen LogP contribution in [0.5, 0.6) is 0 Å². The highest BCUT2D eigenvalue weighted by Crippen LogP contribution is 2.39. The van der Waals surface area contributed by atoms with Gasteiger partial charge in [-0.15, -0.1) is 24.2 Å². The van der Waals surface area contributed by atoms with Gasteiger partial charge in [-0.2, -0.15) is 0 Å². The lowest BCUT2D eigenvalue weighted by molar-refractivity contribution is 0.0493. The minimum absolute atomic E-state index is 0. The van der Waals surface area contributed by atoms with Crippen LogP contribution < -0.4 is 5.32 Å². The summed E-state index contributed by atoms with van der Waals surface area (Å²) in [4.78, 5) is 15.9. The minimum atomic E-state index is 0. The molecule has 3 nitrogen and oxygen atoms in total. The highest BCUT2D eigenvalue weighted by Gasteiger charge is 2.37. The summed E-state index contributed by atoms with van der Waals surface area (Å²) in [6.07, 6.45) is 6.92. The predicted octanol–water partition coefficient (Wildman–Crippen LogP) is 3.44. The predicted molar refractivity (Wildman–Crippen MR) is 95.1 cm³/mol. The summed E-state index contributed by atoms with van der Waals surface area (Å²) in [6.45, 7) is 4.12. The number of piperidine rings is 2. The Morgan fingerprint density at radius 1 is 1.14 bits per heavy atom. The number of nitrogens with zero attached hydrogens (tertiary/aromatic N) is 1. The van der Waals surface area contributed by atoms with Crippen LogP contribution in [0.1, 0.15) is 36.0 Å². The van der Waals surface area contributed by atoms with Gasteiger partial charge in [-0.3, -0.25) is 4.79 Å². The fourth-order valence-corrected chi connectivity index (χ4v) is 4.22. The number of hydrogen-bond donors (Lipinski definition) is 1. The van der Waals surface area contributed by atoms with Crippen molar-refractivity contribution in [1.82, 2.24) is 10.2 Å². The molecule has 22 heavy (non-hydrogen) atoms. The van der Waals surface area contributed by atoms with E-state index in [0.29, 0.717) is 5.41 Å². The molecule has 1 spiro atoms. The van der Waals surface area contributed by atoms with E-state index in [-0.39, 0.29) is 18.3 Å². The monoisotopic (exact) mass is 340 g/mol. The third-order valence-corrected chi connectivity index (χ3v) is 5.91. The molecule has 1 N–H and O–H groups in total. The number of carbonyl (C=O) groups excluding carboxylic acids is 1. The van der Waals surface area contributed by atoms with Crippen LogP contribution in [0, 0.1) is 5.41 Å². The van der Waals surface area contributed by atoms with E-state index in [1.807, 2.05) is 30.5 Å². The van der Waals surface area contributed by atoms with Crippen LogP contribution in [-0.4, -0.2) is 43.2 Å². The average Bonchev–Trinajstić information content (AvgIpc) is 2.56. The molecule has 2 saturated heterocycles. The largest absolute Gasteiger partial charge is 0.339 e. The lowest BCUT2D eigenvalue weighted by atomic mass is 9.71. The molecule has 5 heteroatoms. The van der Waals surface area contributed by atoms with Gasteiger partial charge >= 0.3 is 0 Å². The van der Waals surface area contributed by atoms with Crippen LogP contribution >= 0.6 is 24.2 Å². The van der Waals surface area contributed by atoms with Gasteiger partial charge in [0.25, 0.3) is 5.91 Å². The van der Waals surface area contributed by atoms with E-state index in [1.54, 1.807) is 11.8 Å². The maximum atomic E-state index is 12.8. The van der Waals surface area contributed by atoms with Crippen molar-refractivity contribution < 1.29 is 4.79 Å². The van der Waals surface area contributed by atoms with Crippen LogP contribution in [0.25, 0.3) is 0 Å². The zero-order valence-electron chi connectivity index (χ0n) is 13.1.